The largest absolute Gasteiger partial charge is 0.448 e. The Hall–Kier alpha value is -0.810. The van der Waals surface area contributed by atoms with Crippen LogP contribution in [0.1, 0.15) is 13.8 Å². The van der Waals surface area contributed by atoms with Gasteiger partial charge in [-0.05, 0) is 55.6 Å². The lowest BCUT2D eigenvalue weighted by atomic mass is 10.3. The SMILES string of the molecule is COC(C)C.O=CCNP(Oc1ccccc1)Sc1cc(Cl)cc(Cl)c1. The maximum atomic E-state index is 10.6. The zero-order valence-corrected chi connectivity index (χ0v) is 18.0. The summed E-state index contributed by atoms with van der Waals surface area (Å²) in [4.78, 5) is 11.4. The van der Waals surface area contributed by atoms with Gasteiger partial charge >= 0.3 is 0 Å². The summed E-state index contributed by atoms with van der Waals surface area (Å²) in [5.41, 5.74) is 0. The van der Waals surface area contributed by atoms with Gasteiger partial charge in [0.2, 0.25) is 7.50 Å². The second-order valence-corrected chi connectivity index (χ2v) is 9.25. The van der Waals surface area contributed by atoms with E-state index in [9.17, 15) is 4.79 Å². The van der Waals surface area contributed by atoms with Crippen molar-refractivity contribution in [1.29, 1.82) is 0 Å². The van der Waals surface area contributed by atoms with Crippen LogP contribution < -0.4 is 9.61 Å². The number of benzene rings is 2. The zero-order valence-electron chi connectivity index (χ0n) is 14.8. The molecule has 0 spiro atoms. The molecular formula is C18H22Cl2NO3PS. The van der Waals surface area contributed by atoms with E-state index in [2.05, 4.69) is 5.09 Å². The minimum atomic E-state index is -1.13. The van der Waals surface area contributed by atoms with Crippen molar-refractivity contribution in [2.24, 2.45) is 0 Å². The van der Waals surface area contributed by atoms with E-state index < -0.39 is 7.50 Å². The van der Waals surface area contributed by atoms with Crippen molar-refractivity contribution in [3.63, 3.8) is 0 Å². The van der Waals surface area contributed by atoms with Crippen molar-refractivity contribution < 1.29 is 14.1 Å². The maximum Gasteiger partial charge on any atom is 0.230 e. The van der Waals surface area contributed by atoms with E-state index in [4.69, 9.17) is 32.5 Å². The van der Waals surface area contributed by atoms with Crippen LogP contribution in [-0.4, -0.2) is 26.0 Å². The summed E-state index contributed by atoms with van der Waals surface area (Å²) >= 11 is 13.4. The summed E-state index contributed by atoms with van der Waals surface area (Å²) < 4.78 is 10.6. The summed E-state index contributed by atoms with van der Waals surface area (Å²) in [6.07, 6.45) is 1.19. The highest BCUT2D eigenvalue weighted by atomic mass is 35.5. The number of hydrogen-bond donors (Lipinski definition) is 1. The van der Waals surface area contributed by atoms with E-state index in [0.717, 1.165) is 16.9 Å². The number of ether oxygens (including phenoxy) is 1. The molecule has 1 N–H and O–H groups in total. The molecule has 0 heterocycles. The van der Waals surface area contributed by atoms with Gasteiger partial charge in [-0.3, -0.25) is 0 Å². The van der Waals surface area contributed by atoms with Gasteiger partial charge in [-0.2, -0.15) is 0 Å². The lowest BCUT2D eigenvalue weighted by molar-refractivity contribution is -0.106. The van der Waals surface area contributed by atoms with Crippen LogP contribution >= 0.6 is 42.1 Å². The number of nitrogens with one attached hydrogen (secondary N) is 1. The average Bonchev–Trinajstić information content (AvgIpc) is 2.60. The molecule has 142 valence electrons. The molecule has 0 aliphatic heterocycles. The van der Waals surface area contributed by atoms with E-state index in [-0.39, 0.29) is 6.54 Å². The summed E-state index contributed by atoms with van der Waals surface area (Å²) in [7, 11) is 0.573. The highest BCUT2D eigenvalue weighted by molar-refractivity contribution is 8.53. The highest BCUT2D eigenvalue weighted by Crippen LogP contribution is 2.51. The molecule has 0 saturated heterocycles. The van der Waals surface area contributed by atoms with Crippen LogP contribution in [0.4, 0.5) is 0 Å². The highest BCUT2D eigenvalue weighted by Gasteiger charge is 2.14. The summed E-state index contributed by atoms with van der Waals surface area (Å²) in [6, 6.07) is 14.7. The molecule has 2 aromatic carbocycles. The molecule has 0 fully saturated rings. The predicted molar refractivity (Wildman–Crippen MR) is 113 cm³/mol. The van der Waals surface area contributed by atoms with Gasteiger partial charge in [0.1, 0.15) is 12.0 Å². The Morgan fingerprint density at radius 1 is 1.15 bits per heavy atom. The number of methoxy groups -OCH3 is 1. The van der Waals surface area contributed by atoms with Crippen molar-refractivity contribution in [3.05, 3.63) is 58.6 Å². The number of carbonyl (C=O) groups is 1. The fourth-order valence-corrected chi connectivity index (χ4v) is 5.04. The normalized spacial score (nSPS) is 11.5. The molecule has 0 bridgehead atoms. The zero-order chi connectivity index (χ0) is 19.4. The quantitative estimate of drug-likeness (QED) is 0.395. The van der Waals surface area contributed by atoms with Crippen LogP contribution in [-0.2, 0) is 9.53 Å². The van der Waals surface area contributed by atoms with Gasteiger partial charge in [-0.15, -0.1) is 0 Å². The smallest absolute Gasteiger partial charge is 0.230 e. The average molecular weight is 434 g/mol. The van der Waals surface area contributed by atoms with E-state index in [1.807, 2.05) is 56.3 Å². The Balaban J connectivity index is 0.000000597. The molecule has 4 nitrogen and oxygen atoms in total. The Bertz CT molecular complexity index is 642. The molecular weight excluding hydrogens is 412 g/mol. The molecule has 1 atom stereocenters. The van der Waals surface area contributed by atoms with Crippen molar-refractivity contribution in [2.75, 3.05) is 13.7 Å². The molecule has 26 heavy (non-hydrogen) atoms. The third-order valence-electron chi connectivity index (χ3n) is 2.73. The van der Waals surface area contributed by atoms with Gasteiger partial charge in [0.15, 0.2) is 0 Å². The minimum absolute atomic E-state index is 0.222. The molecule has 0 amide bonds. The molecule has 0 radical (unpaired) electrons. The van der Waals surface area contributed by atoms with Gasteiger partial charge in [-0.1, -0.05) is 41.4 Å². The number of aldehydes is 1. The standard InChI is InChI=1S/C14H12Cl2NO2PS.C4H10O/c15-11-8-12(16)10-14(9-11)21-20(17-6-7-18)19-13-4-2-1-3-5-13;1-4(2)5-3/h1-5,7-10,17H,6H2;4H,1-3H3. The van der Waals surface area contributed by atoms with Crippen LogP contribution in [0.15, 0.2) is 53.4 Å². The van der Waals surface area contributed by atoms with Crippen molar-refractivity contribution >= 4 is 48.4 Å². The van der Waals surface area contributed by atoms with E-state index in [0.29, 0.717) is 16.1 Å². The lowest BCUT2D eigenvalue weighted by Gasteiger charge is -2.17. The van der Waals surface area contributed by atoms with Crippen molar-refractivity contribution in [2.45, 2.75) is 24.8 Å². The fourth-order valence-electron chi connectivity index (χ4n) is 1.45. The number of para-hydroxylation sites is 1. The third-order valence-corrected chi connectivity index (χ3v) is 6.34. The summed E-state index contributed by atoms with van der Waals surface area (Å²) in [5, 5.41) is 4.19. The number of halogens is 2. The first-order valence-corrected chi connectivity index (χ1v) is 11.3. The Morgan fingerprint density at radius 2 is 1.73 bits per heavy atom. The van der Waals surface area contributed by atoms with Crippen molar-refractivity contribution in [1.82, 2.24) is 5.09 Å². The third kappa shape index (κ3) is 10.4. The van der Waals surface area contributed by atoms with Crippen LogP contribution in [0, 0.1) is 0 Å². The number of hydrogen-bond acceptors (Lipinski definition) is 5. The molecule has 0 aromatic heterocycles. The summed E-state index contributed by atoms with van der Waals surface area (Å²) in [6.45, 7) is 4.22. The van der Waals surface area contributed by atoms with Gasteiger partial charge in [-0.25, -0.2) is 5.09 Å². The molecule has 0 aliphatic rings. The number of carbonyl (C=O) groups excluding carboxylic acids is 1. The van der Waals surface area contributed by atoms with Gasteiger partial charge in [0.05, 0.1) is 12.6 Å². The molecule has 1 unspecified atom stereocenters. The number of rotatable bonds is 8. The monoisotopic (exact) mass is 433 g/mol. The first kappa shape index (κ1) is 23.2. The van der Waals surface area contributed by atoms with Crippen LogP contribution in [0.2, 0.25) is 10.0 Å². The lowest BCUT2D eigenvalue weighted by Crippen LogP contribution is -2.11. The van der Waals surface area contributed by atoms with E-state index in [1.54, 1.807) is 13.2 Å². The Morgan fingerprint density at radius 3 is 2.23 bits per heavy atom. The molecule has 0 aliphatic carbocycles. The van der Waals surface area contributed by atoms with Crippen LogP contribution in [0.5, 0.6) is 5.75 Å². The topological polar surface area (TPSA) is 47.6 Å². The van der Waals surface area contributed by atoms with Gasteiger partial charge in [0, 0.05) is 22.1 Å². The Kier molecular flexibility index (Phi) is 11.9. The first-order chi connectivity index (χ1) is 12.4. The Labute approximate surface area is 170 Å². The van der Waals surface area contributed by atoms with E-state index in [1.165, 1.54) is 11.4 Å². The molecule has 0 saturated carbocycles. The minimum Gasteiger partial charge on any atom is -0.448 e. The van der Waals surface area contributed by atoms with Crippen LogP contribution in [0.3, 0.4) is 0 Å². The second-order valence-electron chi connectivity index (χ2n) is 5.17. The molecule has 8 heteroatoms. The molecule has 2 aromatic rings. The van der Waals surface area contributed by atoms with Gasteiger partial charge < -0.3 is 14.1 Å². The van der Waals surface area contributed by atoms with Crippen molar-refractivity contribution in [3.8, 4) is 5.75 Å². The predicted octanol–water partition coefficient (Wildman–Crippen LogP) is 6.22. The summed E-state index contributed by atoms with van der Waals surface area (Å²) in [5.74, 6) is 0.739. The van der Waals surface area contributed by atoms with E-state index >= 15 is 0 Å². The first-order valence-electron chi connectivity index (χ1n) is 7.81. The molecule has 2 rings (SSSR count). The fraction of sp³-hybridized carbons (Fsp3) is 0.278. The second kappa shape index (κ2) is 13.4. The maximum absolute atomic E-state index is 10.6. The van der Waals surface area contributed by atoms with Crippen LogP contribution in [0.25, 0.3) is 0 Å². The van der Waals surface area contributed by atoms with Gasteiger partial charge in [0.25, 0.3) is 0 Å².